The highest BCUT2D eigenvalue weighted by molar-refractivity contribution is 5.28. The molecule has 0 amide bonds. The highest BCUT2D eigenvalue weighted by Crippen LogP contribution is 2.17. The van der Waals surface area contributed by atoms with Gasteiger partial charge in [-0.05, 0) is 24.6 Å². The lowest BCUT2D eigenvalue weighted by Crippen LogP contribution is -2.06. The van der Waals surface area contributed by atoms with Gasteiger partial charge in [-0.2, -0.15) is 0 Å². The van der Waals surface area contributed by atoms with E-state index in [-0.39, 0.29) is 0 Å². The summed E-state index contributed by atoms with van der Waals surface area (Å²) >= 11 is 0. The Bertz CT molecular complexity index is 489. The van der Waals surface area contributed by atoms with Gasteiger partial charge in [0, 0.05) is 25.9 Å². The molecule has 0 unspecified atom stereocenters. The van der Waals surface area contributed by atoms with Crippen molar-refractivity contribution < 1.29 is 9.84 Å². The minimum Gasteiger partial charge on any atom is -0.493 e. The number of benzene rings is 1. The highest BCUT2D eigenvalue weighted by Gasteiger charge is 2.02. The lowest BCUT2D eigenvalue weighted by Gasteiger charge is -2.08. The van der Waals surface area contributed by atoms with Crippen LogP contribution < -0.4 is 4.74 Å². The van der Waals surface area contributed by atoms with Gasteiger partial charge in [0.25, 0.3) is 0 Å². The van der Waals surface area contributed by atoms with Crippen molar-refractivity contribution in [1.82, 2.24) is 9.55 Å². The first-order valence-corrected chi connectivity index (χ1v) is 6.04. The normalized spacial score (nSPS) is 12.4. The number of rotatable bonds is 5. The third-order valence-electron chi connectivity index (χ3n) is 2.88. The molecule has 1 aromatic heterocycles. The summed E-state index contributed by atoms with van der Waals surface area (Å²) in [4.78, 5) is 4.23. The summed E-state index contributed by atoms with van der Waals surface area (Å²) in [6.07, 6.45) is 4.05. The second kappa shape index (κ2) is 5.69. The number of ether oxygens (including phenoxy) is 1. The number of aliphatic hydroxyl groups is 1. The summed E-state index contributed by atoms with van der Waals surface area (Å²) in [5.41, 5.74) is 0.895. The molecular formula is C14H18N2O2. The van der Waals surface area contributed by atoms with E-state index in [2.05, 4.69) is 4.98 Å². The number of hydrogen-bond donors (Lipinski definition) is 1. The molecule has 0 fully saturated rings. The van der Waals surface area contributed by atoms with Gasteiger partial charge in [-0.25, -0.2) is 4.98 Å². The maximum Gasteiger partial charge on any atom is 0.119 e. The molecule has 1 atom stereocenters. The zero-order chi connectivity index (χ0) is 13.0. The van der Waals surface area contributed by atoms with Gasteiger partial charge in [0.05, 0.1) is 12.7 Å². The molecule has 1 N–H and O–H groups in total. The summed E-state index contributed by atoms with van der Waals surface area (Å²) in [7, 11) is 1.97. The van der Waals surface area contributed by atoms with Crippen LogP contribution in [0.15, 0.2) is 36.7 Å². The molecule has 18 heavy (non-hydrogen) atoms. The summed E-state index contributed by atoms with van der Waals surface area (Å²) in [5.74, 6) is 1.82. The van der Waals surface area contributed by atoms with E-state index in [1.165, 1.54) is 0 Å². The van der Waals surface area contributed by atoms with E-state index >= 15 is 0 Å². The SMILES string of the molecule is C[C@H](O)c1ccc(OCCc2nccn2C)cc1. The summed E-state index contributed by atoms with van der Waals surface area (Å²) in [6.45, 7) is 2.34. The van der Waals surface area contributed by atoms with Crippen molar-refractivity contribution in [3.05, 3.63) is 48.0 Å². The van der Waals surface area contributed by atoms with Gasteiger partial charge >= 0.3 is 0 Å². The van der Waals surface area contributed by atoms with Gasteiger partial charge in [-0.15, -0.1) is 0 Å². The zero-order valence-corrected chi connectivity index (χ0v) is 10.7. The minimum absolute atomic E-state index is 0.438. The molecule has 96 valence electrons. The monoisotopic (exact) mass is 246 g/mol. The van der Waals surface area contributed by atoms with E-state index in [1.54, 1.807) is 13.1 Å². The zero-order valence-electron chi connectivity index (χ0n) is 10.7. The predicted molar refractivity (Wildman–Crippen MR) is 69.5 cm³/mol. The van der Waals surface area contributed by atoms with Crippen LogP contribution in [0.4, 0.5) is 0 Å². The molecule has 2 rings (SSSR count). The molecule has 0 saturated heterocycles. The van der Waals surface area contributed by atoms with E-state index in [9.17, 15) is 5.11 Å². The Morgan fingerprint density at radius 3 is 2.61 bits per heavy atom. The molecule has 0 radical (unpaired) electrons. The smallest absolute Gasteiger partial charge is 0.119 e. The maximum atomic E-state index is 9.39. The van der Waals surface area contributed by atoms with Crippen molar-refractivity contribution in [2.24, 2.45) is 7.05 Å². The van der Waals surface area contributed by atoms with Crippen molar-refractivity contribution in [2.45, 2.75) is 19.4 Å². The quantitative estimate of drug-likeness (QED) is 0.878. The first-order chi connectivity index (χ1) is 8.66. The van der Waals surface area contributed by atoms with Crippen LogP contribution >= 0.6 is 0 Å². The van der Waals surface area contributed by atoms with Crippen LogP contribution in [-0.2, 0) is 13.5 Å². The minimum atomic E-state index is -0.438. The lowest BCUT2D eigenvalue weighted by molar-refractivity contribution is 0.199. The largest absolute Gasteiger partial charge is 0.493 e. The number of aryl methyl sites for hydroxylation is 1. The van der Waals surface area contributed by atoms with E-state index in [0.717, 1.165) is 23.6 Å². The third kappa shape index (κ3) is 3.11. The first kappa shape index (κ1) is 12.6. The number of aromatic nitrogens is 2. The van der Waals surface area contributed by atoms with Crippen molar-refractivity contribution >= 4 is 0 Å². The standard InChI is InChI=1S/C14H18N2O2/c1-11(17)12-3-5-13(6-4-12)18-10-7-14-15-8-9-16(14)2/h3-6,8-9,11,17H,7,10H2,1-2H3/t11-/m0/s1. The van der Waals surface area contributed by atoms with Crippen molar-refractivity contribution in [3.8, 4) is 5.75 Å². The fourth-order valence-electron chi connectivity index (χ4n) is 1.74. The van der Waals surface area contributed by atoms with E-state index < -0.39 is 6.10 Å². The van der Waals surface area contributed by atoms with E-state index in [4.69, 9.17) is 4.74 Å². The first-order valence-electron chi connectivity index (χ1n) is 6.04. The molecule has 4 nitrogen and oxygen atoms in total. The summed E-state index contributed by atoms with van der Waals surface area (Å²) in [5, 5.41) is 9.39. The van der Waals surface area contributed by atoms with Crippen LogP contribution in [-0.4, -0.2) is 21.3 Å². The van der Waals surface area contributed by atoms with Crippen molar-refractivity contribution in [1.29, 1.82) is 0 Å². The van der Waals surface area contributed by atoms with Crippen LogP contribution in [0.1, 0.15) is 24.4 Å². The molecule has 2 aromatic rings. The number of nitrogens with zero attached hydrogens (tertiary/aromatic N) is 2. The van der Waals surface area contributed by atoms with Gasteiger partial charge in [-0.3, -0.25) is 0 Å². The summed E-state index contributed by atoms with van der Waals surface area (Å²) < 4.78 is 7.62. The van der Waals surface area contributed by atoms with Crippen LogP contribution in [0, 0.1) is 0 Å². The Balaban J connectivity index is 1.85. The maximum absolute atomic E-state index is 9.39. The second-order valence-corrected chi connectivity index (χ2v) is 4.30. The summed E-state index contributed by atoms with van der Waals surface area (Å²) in [6, 6.07) is 7.50. The number of imidazole rings is 1. The molecule has 0 aliphatic heterocycles. The molecule has 0 spiro atoms. The van der Waals surface area contributed by atoms with Gasteiger partial charge in [0.15, 0.2) is 0 Å². The number of aliphatic hydroxyl groups excluding tert-OH is 1. The topological polar surface area (TPSA) is 47.3 Å². The Morgan fingerprint density at radius 2 is 2.06 bits per heavy atom. The Kier molecular flexibility index (Phi) is 3.99. The predicted octanol–water partition coefficient (Wildman–Crippen LogP) is 2.09. The molecule has 1 heterocycles. The van der Waals surface area contributed by atoms with E-state index in [1.807, 2.05) is 42.1 Å². The average molecular weight is 246 g/mol. The molecule has 4 heteroatoms. The van der Waals surface area contributed by atoms with Crippen molar-refractivity contribution in [3.63, 3.8) is 0 Å². The number of hydrogen-bond acceptors (Lipinski definition) is 3. The van der Waals surface area contributed by atoms with Crippen LogP contribution in [0.5, 0.6) is 5.75 Å². The Morgan fingerprint density at radius 1 is 1.33 bits per heavy atom. The molecule has 1 aromatic carbocycles. The second-order valence-electron chi connectivity index (χ2n) is 4.30. The van der Waals surface area contributed by atoms with Crippen LogP contribution in [0.25, 0.3) is 0 Å². The van der Waals surface area contributed by atoms with Gasteiger partial charge in [-0.1, -0.05) is 12.1 Å². The Hall–Kier alpha value is -1.81. The third-order valence-corrected chi connectivity index (χ3v) is 2.88. The van der Waals surface area contributed by atoms with Crippen LogP contribution in [0.2, 0.25) is 0 Å². The van der Waals surface area contributed by atoms with Crippen LogP contribution in [0.3, 0.4) is 0 Å². The molecular weight excluding hydrogens is 228 g/mol. The van der Waals surface area contributed by atoms with Crippen molar-refractivity contribution in [2.75, 3.05) is 6.61 Å². The Labute approximate surface area is 107 Å². The van der Waals surface area contributed by atoms with Gasteiger partial charge in [0.2, 0.25) is 0 Å². The molecule has 0 saturated carbocycles. The fraction of sp³-hybridized carbons (Fsp3) is 0.357. The fourth-order valence-corrected chi connectivity index (χ4v) is 1.74. The average Bonchev–Trinajstić information content (AvgIpc) is 2.76. The molecule has 0 aliphatic carbocycles. The van der Waals surface area contributed by atoms with E-state index in [0.29, 0.717) is 6.61 Å². The molecule has 0 aliphatic rings. The van der Waals surface area contributed by atoms with Gasteiger partial charge in [0.1, 0.15) is 11.6 Å². The lowest BCUT2D eigenvalue weighted by atomic mass is 10.1. The highest BCUT2D eigenvalue weighted by atomic mass is 16.5. The molecule has 0 bridgehead atoms. The van der Waals surface area contributed by atoms with Gasteiger partial charge < -0.3 is 14.4 Å².